The zero-order chi connectivity index (χ0) is 17.6. The van der Waals surface area contributed by atoms with Gasteiger partial charge in [0.05, 0.1) is 11.6 Å². The van der Waals surface area contributed by atoms with E-state index in [0.717, 1.165) is 15.6 Å². The summed E-state index contributed by atoms with van der Waals surface area (Å²) in [4.78, 5) is 8.14. The quantitative estimate of drug-likeness (QED) is 0.592. The SMILES string of the molecule is COc1cc(/C=N/c2ncn[nH]2)cc(Br)c1OCc1ccc(Cl)cc1. The van der Waals surface area contributed by atoms with E-state index in [1.807, 2.05) is 36.4 Å². The number of methoxy groups -OCH3 is 1. The van der Waals surface area contributed by atoms with Crippen LogP contribution < -0.4 is 9.47 Å². The van der Waals surface area contributed by atoms with Gasteiger partial charge in [0.25, 0.3) is 0 Å². The molecule has 0 aliphatic rings. The fraction of sp³-hybridized carbons (Fsp3) is 0.118. The van der Waals surface area contributed by atoms with Crippen LogP contribution in [0.3, 0.4) is 0 Å². The van der Waals surface area contributed by atoms with Crippen LogP contribution in [0.2, 0.25) is 5.02 Å². The average molecular weight is 422 g/mol. The smallest absolute Gasteiger partial charge is 0.245 e. The predicted molar refractivity (Wildman–Crippen MR) is 100 cm³/mol. The average Bonchev–Trinajstić information content (AvgIpc) is 3.13. The number of hydrogen-bond acceptors (Lipinski definition) is 5. The summed E-state index contributed by atoms with van der Waals surface area (Å²) in [6.45, 7) is 0.400. The van der Waals surface area contributed by atoms with Gasteiger partial charge < -0.3 is 9.47 Å². The minimum atomic E-state index is 0.400. The van der Waals surface area contributed by atoms with Crippen molar-refractivity contribution in [3.05, 3.63) is 63.3 Å². The van der Waals surface area contributed by atoms with Gasteiger partial charge in [0, 0.05) is 11.2 Å². The van der Waals surface area contributed by atoms with Crippen molar-refractivity contribution in [1.82, 2.24) is 15.2 Å². The summed E-state index contributed by atoms with van der Waals surface area (Å²) in [5, 5.41) is 7.11. The summed E-state index contributed by atoms with van der Waals surface area (Å²) in [6.07, 6.45) is 3.06. The first-order valence-corrected chi connectivity index (χ1v) is 8.47. The van der Waals surface area contributed by atoms with E-state index in [4.69, 9.17) is 21.1 Å². The zero-order valence-corrected chi connectivity index (χ0v) is 15.6. The van der Waals surface area contributed by atoms with Gasteiger partial charge in [-0.15, -0.1) is 0 Å². The van der Waals surface area contributed by atoms with Crippen molar-refractivity contribution < 1.29 is 9.47 Å². The number of aromatic nitrogens is 3. The molecule has 1 heterocycles. The zero-order valence-electron chi connectivity index (χ0n) is 13.2. The number of nitrogens with one attached hydrogen (secondary N) is 1. The van der Waals surface area contributed by atoms with Gasteiger partial charge in [0.15, 0.2) is 11.5 Å². The molecule has 0 fully saturated rings. The van der Waals surface area contributed by atoms with Gasteiger partial charge in [0.2, 0.25) is 5.95 Å². The van der Waals surface area contributed by atoms with Crippen LogP contribution in [0.25, 0.3) is 0 Å². The van der Waals surface area contributed by atoms with Crippen LogP contribution in [0, 0.1) is 0 Å². The van der Waals surface area contributed by atoms with Crippen molar-refractivity contribution in [3.8, 4) is 11.5 Å². The molecule has 3 rings (SSSR count). The topological polar surface area (TPSA) is 72.4 Å². The predicted octanol–water partition coefficient (Wildman–Crippen LogP) is 4.56. The summed E-state index contributed by atoms with van der Waals surface area (Å²) in [6, 6.07) is 11.2. The monoisotopic (exact) mass is 420 g/mol. The molecule has 6 nitrogen and oxygen atoms in total. The van der Waals surface area contributed by atoms with Crippen molar-refractivity contribution >= 4 is 39.7 Å². The Labute approximate surface area is 158 Å². The maximum atomic E-state index is 5.90. The van der Waals surface area contributed by atoms with Crippen LogP contribution in [0.5, 0.6) is 11.5 Å². The highest BCUT2D eigenvalue weighted by Crippen LogP contribution is 2.37. The molecule has 0 bridgehead atoms. The Bertz CT molecular complexity index is 867. The lowest BCUT2D eigenvalue weighted by atomic mass is 10.2. The Morgan fingerprint density at radius 1 is 1.28 bits per heavy atom. The van der Waals surface area contributed by atoms with E-state index < -0.39 is 0 Å². The normalized spacial score (nSPS) is 11.0. The molecule has 0 amide bonds. The van der Waals surface area contributed by atoms with Crippen molar-refractivity contribution in [3.63, 3.8) is 0 Å². The number of halogens is 2. The summed E-state index contributed by atoms with van der Waals surface area (Å²) < 4.78 is 12.1. The van der Waals surface area contributed by atoms with Crippen molar-refractivity contribution in [2.45, 2.75) is 6.61 Å². The van der Waals surface area contributed by atoms with Crippen molar-refractivity contribution in [1.29, 1.82) is 0 Å². The Kier molecular flexibility index (Phi) is 5.67. The van der Waals surface area contributed by atoms with E-state index in [1.54, 1.807) is 13.3 Å². The number of ether oxygens (including phenoxy) is 2. The van der Waals surface area contributed by atoms with Gasteiger partial charge in [-0.3, -0.25) is 0 Å². The molecule has 0 unspecified atom stereocenters. The Morgan fingerprint density at radius 3 is 2.76 bits per heavy atom. The van der Waals surface area contributed by atoms with Gasteiger partial charge in [-0.25, -0.2) is 10.1 Å². The van der Waals surface area contributed by atoms with E-state index >= 15 is 0 Å². The Balaban J connectivity index is 1.78. The van der Waals surface area contributed by atoms with Crippen molar-refractivity contribution in [2.24, 2.45) is 4.99 Å². The molecule has 2 aromatic carbocycles. The molecule has 0 spiro atoms. The number of benzene rings is 2. The highest BCUT2D eigenvalue weighted by atomic mass is 79.9. The first-order valence-electron chi connectivity index (χ1n) is 7.30. The van der Waals surface area contributed by atoms with Gasteiger partial charge in [0.1, 0.15) is 12.9 Å². The summed E-state index contributed by atoms with van der Waals surface area (Å²) >= 11 is 9.41. The van der Waals surface area contributed by atoms with Gasteiger partial charge >= 0.3 is 0 Å². The third-order valence-electron chi connectivity index (χ3n) is 3.29. The lowest BCUT2D eigenvalue weighted by Gasteiger charge is -2.13. The maximum absolute atomic E-state index is 5.90. The van der Waals surface area contributed by atoms with E-state index in [0.29, 0.717) is 29.1 Å². The molecular formula is C17H14BrClN4O2. The molecule has 0 atom stereocenters. The minimum Gasteiger partial charge on any atom is -0.493 e. The molecule has 1 N–H and O–H groups in total. The maximum Gasteiger partial charge on any atom is 0.245 e. The number of rotatable bonds is 6. The van der Waals surface area contributed by atoms with Crippen LogP contribution in [0.15, 0.2) is 52.2 Å². The number of nitrogens with zero attached hydrogens (tertiary/aromatic N) is 3. The molecule has 25 heavy (non-hydrogen) atoms. The minimum absolute atomic E-state index is 0.400. The second-order valence-corrected chi connectivity index (χ2v) is 6.31. The largest absolute Gasteiger partial charge is 0.493 e. The molecule has 8 heteroatoms. The lowest BCUT2D eigenvalue weighted by Crippen LogP contribution is -1.99. The van der Waals surface area contributed by atoms with Crippen LogP contribution in [0.4, 0.5) is 5.95 Å². The highest BCUT2D eigenvalue weighted by molar-refractivity contribution is 9.10. The van der Waals surface area contributed by atoms with E-state index in [9.17, 15) is 0 Å². The first-order chi connectivity index (χ1) is 12.2. The molecule has 128 valence electrons. The van der Waals surface area contributed by atoms with Gasteiger partial charge in [-0.2, -0.15) is 10.1 Å². The third-order valence-corrected chi connectivity index (χ3v) is 4.13. The Hall–Kier alpha value is -2.38. The second kappa shape index (κ2) is 8.13. The number of hydrogen-bond donors (Lipinski definition) is 1. The van der Waals surface area contributed by atoms with Crippen LogP contribution in [-0.2, 0) is 6.61 Å². The molecule has 0 aliphatic heterocycles. The van der Waals surface area contributed by atoms with Gasteiger partial charge in [-0.05, 0) is 51.3 Å². The second-order valence-electron chi connectivity index (χ2n) is 5.02. The van der Waals surface area contributed by atoms with Crippen LogP contribution >= 0.6 is 27.5 Å². The summed E-state index contributed by atoms with van der Waals surface area (Å²) in [5.41, 5.74) is 1.84. The summed E-state index contributed by atoms with van der Waals surface area (Å²) in [5.74, 6) is 1.65. The fourth-order valence-electron chi connectivity index (χ4n) is 2.09. The number of aromatic amines is 1. The lowest BCUT2D eigenvalue weighted by molar-refractivity contribution is 0.282. The molecule has 0 saturated carbocycles. The van der Waals surface area contributed by atoms with Crippen LogP contribution in [0.1, 0.15) is 11.1 Å². The van der Waals surface area contributed by atoms with Gasteiger partial charge in [-0.1, -0.05) is 23.7 Å². The first kappa shape index (κ1) is 17.4. The standard InChI is InChI=1S/C17H14BrClN4O2/c1-24-15-7-12(8-20-17-21-10-22-23-17)6-14(18)16(15)25-9-11-2-4-13(19)5-3-11/h2-8,10H,9H2,1H3,(H,21,22,23)/b20-8+. The van der Waals surface area contributed by atoms with E-state index in [2.05, 4.69) is 36.1 Å². The molecule has 0 aliphatic carbocycles. The molecule has 0 saturated heterocycles. The van der Waals surface area contributed by atoms with Crippen molar-refractivity contribution in [2.75, 3.05) is 7.11 Å². The summed E-state index contributed by atoms with van der Waals surface area (Å²) in [7, 11) is 1.59. The fourth-order valence-corrected chi connectivity index (χ4v) is 2.79. The number of aliphatic imine (C=N–C) groups is 1. The Morgan fingerprint density at radius 2 is 2.08 bits per heavy atom. The molecule has 1 aromatic heterocycles. The molecule has 3 aromatic rings. The third kappa shape index (κ3) is 4.58. The number of H-pyrrole nitrogens is 1. The molecular weight excluding hydrogens is 408 g/mol. The van der Waals surface area contributed by atoms with Crippen LogP contribution in [-0.4, -0.2) is 28.5 Å². The van der Waals surface area contributed by atoms with E-state index in [1.165, 1.54) is 6.33 Å². The molecule has 0 radical (unpaired) electrons. The van der Waals surface area contributed by atoms with E-state index in [-0.39, 0.29) is 0 Å². The highest BCUT2D eigenvalue weighted by Gasteiger charge is 2.11.